The van der Waals surface area contributed by atoms with Crippen molar-refractivity contribution in [2.24, 2.45) is 0 Å². The zero-order valence-corrected chi connectivity index (χ0v) is 16.1. The quantitative estimate of drug-likeness (QED) is 0.419. The standard InChI is InChI=1S/C21H18N4O3S/c22-10-16-18(14-7-4-8-15(26)9-14)19(23)20(24)25-21(16)29-12-17(27)28-11-13-5-2-1-3-6-13/h1-9,26H,11-12,23H2,(H2,24,25). The molecule has 7 nitrogen and oxygen atoms in total. The average Bonchev–Trinajstić information content (AvgIpc) is 2.73. The minimum absolute atomic E-state index is 0.0277. The summed E-state index contributed by atoms with van der Waals surface area (Å²) < 4.78 is 5.25. The third-order valence-electron chi connectivity index (χ3n) is 4.05. The Kier molecular flexibility index (Phi) is 6.22. The number of phenolic OH excluding ortho intramolecular Hbond substituents is 1. The number of nitrogens with two attached hydrogens (primary N) is 2. The van der Waals surface area contributed by atoms with Gasteiger partial charge in [-0.05, 0) is 23.3 Å². The number of hydrogen-bond donors (Lipinski definition) is 3. The summed E-state index contributed by atoms with van der Waals surface area (Å²) in [4.78, 5) is 16.3. The largest absolute Gasteiger partial charge is 0.508 e. The predicted octanol–water partition coefficient (Wildman–Crippen LogP) is 3.33. The SMILES string of the molecule is N#Cc1c(SCC(=O)OCc2ccccc2)nc(N)c(N)c1-c1cccc(O)c1. The van der Waals surface area contributed by atoms with Crippen molar-refractivity contribution in [3.8, 4) is 22.9 Å². The molecule has 0 saturated carbocycles. The van der Waals surface area contributed by atoms with Gasteiger partial charge in [0.15, 0.2) is 0 Å². The summed E-state index contributed by atoms with van der Waals surface area (Å²) in [5.74, 6) is -0.418. The number of carbonyl (C=O) groups excluding carboxylic acids is 1. The van der Waals surface area contributed by atoms with Crippen LogP contribution in [0.5, 0.6) is 5.75 Å². The van der Waals surface area contributed by atoms with Crippen molar-refractivity contribution in [3.63, 3.8) is 0 Å². The van der Waals surface area contributed by atoms with Crippen LogP contribution in [0.25, 0.3) is 11.1 Å². The first-order valence-electron chi connectivity index (χ1n) is 8.60. The highest BCUT2D eigenvalue weighted by molar-refractivity contribution is 7.99. The Balaban J connectivity index is 1.81. The number of pyridine rings is 1. The van der Waals surface area contributed by atoms with Crippen LogP contribution in [0.1, 0.15) is 11.1 Å². The maximum Gasteiger partial charge on any atom is 0.316 e. The number of benzene rings is 2. The van der Waals surface area contributed by atoms with Crippen molar-refractivity contribution >= 4 is 29.2 Å². The summed E-state index contributed by atoms with van der Waals surface area (Å²) in [5.41, 5.74) is 14.1. The molecule has 0 saturated heterocycles. The monoisotopic (exact) mass is 406 g/mol. The lowest BCUT2D eigenvalue weighted by molar-refractivity contribution is -0.141. The topological polar surface area (TPSA) is 135 Å². The fraction of sp³-hybridized carbons (Fsp3) is 0.0952. The minimum atomic E-state index is -0.446. The second kappa shape index (κ2) is 8.99. The summed E-state index contributed by atoms with van der Waals surface area (Å²) in [6, 6.07) is 17.7. The number of thioether (sulfide) groups is 1. The van der Waals surface area contributed by atoms with E-state index in [0.29, 0.717) is 11.1 Å². The Morgan fingerprint density at radius 3 is 2.62 bits per heavy atom. The van der Waals surface area contributed by atoms with Crippen molar-refractivity contribution in [2.75, 3.05) is 17.2 Å². The van der Waals surface area contributed by atoms with Crippen LogP contribution in [0, 0.1) is 11.3 Å². The molecular weight excluding hydrogens is 388 g/mol. The molecule has 5 N–H and O–H groups in total. The fourth-order valence-electron chi connectivity index (χ4n) is 2.67. The second-order valence-corrected chi connectivity index (χ2v) is 7.03. The highest BCUT2D eigenvalue weighted by Gasteiger charge is 2.20. The molecular formula is C21H18N4O3S. The summed E-state index contributed by atoms with van der Waals surface area (Å²) in [6.45, 7) is 0.164. The molecule has 8 heteroatoms. The van der Waals surface area contributed by atoms with Crippen LogP contribution in [0.3, 0.4) is 0 Å². The number of nitrogen functional groups attached to an aromatic ring is 2. The number of hydrogen-bond acceptors (Lipinski definition) is 8. The zero-order valence-electron chi connectivity index (χ0n) is 15.3. The molecule has 0 aliphatic heterocycles. The van der Waals surface area contributed by atoms with Gasteiger partial charge in [0.1, 0.15) is 29.3 Å². The molecule has 0 fully saturated rings. The summed E-state index contributed by atoms with van der Waals surface area (Å²) in [6.07, 6.45) is 0. The molecule has 0 atom stereocenters. The maximum atomic E-state index is 12.1. The van der Waals surface area contributed by atoms with E-state index in [1.54, 1.807) is 12.1 Å². The lowest BCUT2D eigenvalue weighted by Crippen LogP contribution is -2.09. The summed E-state index contributed by atoms with van der Waals surface area (Å²) in [7, 11) is 0. The number of nitrogens with zero attached hydrogens (tertiary/aromatic N) is 2. The third-order valence-corrected chi connectivity index (χ3v) is 5.00. The third kappa shape index (κ3) is 4.78. The number of esters is 1. The Morgan fingerprint density at radius 2 is 1.93 bits per heavy atom. The van der Waals surface area contributed by atoms with Gasteiger partial charge in [0.2, 0.25) is 0 Å². The highest BCUT2D eigenvalue weighted by Crippen LogP contribution is 2.38. The number of phenols is 1. The van der Waals surface area contributed by atoms with E-state index in [2.05, 4.69) is 11.1 Å². The van der Waals surface area contributed by atoms with Crippen LogP contribution in [0.2, 0.25) is 0 Å². The van der Waals surface area contributed by atoms with Gasteiger partial charge in [-0.2, -0.15) is 5.26 Å². The molecule has 0 amide bonds. The predicted molar refractivity (Wildman–Crippen MR) is 112 cm³/mol. The number of aromatic hydroxyl groups is 1. The van der Waals surface area contributed by atoms with E-state index in [1.165, 1.54) is 12.1 Å². The molecule has 0 aliphatic carbocycles. The van der Waals surface area contributed by atoms with Crippen molar-refractivity contribution < 1.29 is 14.6 Å². The molecule has 0 aliphatic rings. The molecule has 0 radical (unpaired) electrons. The number of nitriles is 1. The van der Waals surface area contributed by atoms with Crippen LogP contribution in [-0.2, 0) is 16.1 Å². The normalized spacial score (nSPS) is 10.3. The first-order valence-corrected chi connectivity index (χ1v) is 9.59. The molecule has 2 aromatic carbocycles. The molecule has 29 heavy (non-hydrogen) atoms. The van der Waals surface area contributed by atoms with E-state index in [-0.39, 0.29) is 40.2 Å². The maximum absolute atomic E-state index is 12.1. The molecule has 146 valence electrons. The Morgan fingerprint density at radius 1 is 1.17 bits per heavy atom. The van der Waals surface area contributed by atoms with Gasteiger partial charge >= 0.3 is 5.97 Å². The first kappa shape index (κ1) is 20.0. The van der Waals surface area contributed by atoms with Gasteiger partial charge in [-0.25, -0.2) is 4.98 Å². The molecule has 0 unspecified atom stereocenters. The van der Waals surface area contributed by atoms with Gasteiger partial charge in [-0.3, -0.25) is 4.79 Å². The Hall–Kier alpha value is -3.70. The highest BCUT2D eigenvalue weighted by atomic mass is 32.2. The van der Waals surface area contributed by atoms with Gasteiger partial charge in [0, 0.05) is 5.56 Å². The smallest absolute Gasteiger partial charge is 0.316 e. The molecule has 1 heterocycles. The lowest BCUT2D eigenvalue weighted by atomic mass is 10.00. The van der Waals surface area contributed by atoms with Crippen molar-refractivity contribution in [2.45, 2.75) is 11.6 Å². The van der Waals surface area contributed by atoms with E-state index in [4.69, 9.17) is 16.2 Å². The van der Waals surface area contributed by atoms with Crippen LogP contribution < -0.4 is 11.5 Å². The number of aromatic nitrogens is 1. The van der Waals surface area contributed by atoms with Crippen molar-refractivity contribution in [3.05, 3.63) is 65.7 Å². The van der Waals surface area contributed by atoms with Gasteiger partial charge in [0.25, 0.3) is 0 Å². The van der Waals surface area contributed by atoms with Crippen LogP contribution in [-0.4, -0.2) is 21.8 Å². The van der Waals surface area contributed by atoms with Crippen LogP contribution in [0.4, 0.5) is 11.5 Å². The summed E-state index contributed by atoms with van der Waals surface area (Å²) in [5, 5.41) is 19.7. The summed E-state index contributed by atoms with van der Waals surface area (Å²) >= 11 is 1.04. The number of carbonyl (C=O) groups is 1. The van der Waals surface area contributed by atoms with Gasteiger partial charge in [-0.1, -0.05) is 54.2 Å². The Bertz CT molecular complexity index is 1080. The zero-order chi connectivity index (χ0) is 20.8. The first-order chi connectivity index (χ1) is 14.0. The van der Waals surface area contributed by atoms with Crippen molar-refractivity contribution in [1.29, 1.82) is 5.26 Å². The van der Waals surface area contributed by atoms with Crippen molar-refractivity contribution in [1.82, 2.24) is 4.98 Å². The minimum Gasteiger partial charge on any atom is -0.508 e. The number of ether oxygens (including phenoxy) is 1. The van der Waals surface area contributed by atoms with Gasteiger partial charge < -0.3 is 21.3 Å². The molecule has 3 aromatic rings. The average molecular weight is 406 g/mol. The molecule has 0 spiro atoms. The van der Waals surface area contributed by atoms with Gasteiger partial charge in [0.05, 0.1) is 17.0 Å². The van der Waals surface area contributed by atoms with Gasteiger partial charge in [-0.15, -0.1) is 0 Å². The Labute approximate surface area is 171 Å². The van der Waals surface area contributed by atoms with E-state index < -0.39 is 5.97 Å². The van der Waals surface area contributed by atoms with E-state index in [1.807, 2.05) is 30.3 Å². The molecule has 0 bridgehead atoms. The number of rotatable bonds is 6. The fourth-order valence-corrected chi connectivity index (χ4v) is 3.46. The van der Waals surface area contributed by atoms with E-state index in [0.717, 1.165) is 17.3 Å². The lowest BCUT2D eigenvalue weighted by Gasteiger charge is -2.14. The van der Waals surface area contributed by atoms with E-state index >= 15 is 0 Å². The number of anilines is 2. The van der Waals surface area contributed by atoms with E-state index in [9.17, 15) is 15.2 Å². The second-order valence-electron chi connectivity index (χ2n) is 6.06. The van der Waals surface area contributed by atoms with Crippen LogP contribution in [0.15, 0.2) is 59.6 Å². The molecule has 3 rings (SSSR count). The molecule has 1 aromatic heterocycles. The van der Waals surface area contributed by atoms with Crippen LogP contribution >= 0.6 is 11.8 Å².